The van der Waals surface area contributed by atoms with Crippen molar-refractivity contribution >= 4 is 15.7 Å². The summed E-state index contributed by atoms with van der Waals surface area (Å²) in [5.74, 6) is 1.65. The summed E-state index contributed by atoms with van der Waals surface area (Å²) in [7, 11) is -2.92. The van der Waals surface area contributed by atoms with E-state index in [0.717, 1.165) is 37.6 Å². The van der Waals surface area contributed by atoms with Crippen LogP contribution in [0.3, 0.4) is 0 Å². The van der Waals surface area contributed by atoms with Crippen LogP contribution < -0.4 is 4.90 Å². The molecule has 1 aromatic heterocycles. The summed E-state index contributed by atoms with van der Waals surface area (Å²) < 4.78 is 23.2. The summed E-state index contributed by atoms with van der Waals surface area (Å²) in [6.07, 6.45) is 5.40. The molecular formula is C12H19N3O2S. The molecule has 1 aliphatic heterocycles. The molecule has 1 saturated heterocycles. The topological polar surface area (TPSA) is 63.2 Å². The summed E-state index contributed by atoms with van der Waals surface area (Å²) in [4.78, 5) is 10.6. The third kappa shape index (κ3) is 3.19. The smallest absolute Gasteiger partial charge is 0.150 e. The molecule has 0 aromatic carbocycles. The van der Waals surface area contributed by atoms with Crippen molar-refractivity contribution in [3.8, 4) is 0 Å². The molecular weight excluding hydrogens is 250 g/mol. The first-order valence-corrected chi connectivity index (χ1v) is 8.16. The SMILES string of the molecule is Cc1nccc(N2CCCC(S(C)(=O)=O)CC2)n1. The summed E-state index contributed by atoms with van der Waals surface area (Å²) in [6, 6.07) is 1.88. The van der Waals surface area contributed by atoms with Gasteiger partial charge >= 0.3 is 0 Å². The molecule has 1 unspecified atom stereocenters. The molecule has 0 bridgehead atoms. The Kier molecular flexibility index (Phi) is 3.85. The van der Waals surface area contributed by atoms with Crippen LogP contribution in [0.25, 0.3) is 0 Å². The molecule has 0 saturated carbocycles. The number of hydrogen-bond donors (Lipinski definition) is 0. The third-order valence-corrected chi connectivity index (χ3v) is 5.05. The van der Waals surface area contributed by atoms with Gasteiger partial charge in [0.25, 0.3) is 0 Å². The summed E-state index contributed by atoms with van der Waals surface area (Å²) in [5.41, 5.74) is 0. The maximum absolute atomic E-state index is 11.6. The first-order valence-electron chi connectivity index (χ1n) is 6.20. The molecule has 0 spiro atoms. The fourth-order valence-corrected chi connectivity index (χ4v) is 3.47. The van der Waals surface area contributed by atoms with Crippen LogP contribution in [0.15, 0.2) is 12.3 Å². The van der Waals surface area contributed by atoms with Crippen LogP contribution in [-0.2, 0) is 9.84 Å². The van der Waals surface area contributed by atoms with Gasteiger partial charge < -0.3 is 4.90 Å². The van der Waals surface area contributed by atoms with Gasteiger partial charge in [0.15, 0.2) is 0 Å². The molecule has 6 heteroatoms. The molecule has 1 aliphatic rings. The second kappa shape index (κ2) is 5.22. The zero-order chi connectivity index (χ0) is 13.2. The van der Waals surface area contributed by atoms with E-state index in [2.05, 4.69) is 14.9 Å². The number of sulfone groups is 1. The van der Waals surface area contributed by atoms with Crippen molar-refractivity contribution in [3.63, 3.8) is 0 Å². The molecule has 1 atom stereocenters. The Balaban J connectivity index is 2.10. The molecule has 2 rings (SSSR count). The largest absolute Gasteiger partial charge is 0.356 e. The third-order valence-electron chi connectivity index (χ3n) is 3.37. The van der Waals surface area contributed by atoms with Crippen molar-refractivity contribution in [2.75, 3.05) is 24.2 Å². The molecule has 100 valence electrons. The van der Waals surface area contributed by atoms with E-state index in [0.29, 0.717) is 6.42 Å². The number of aromatic nitrogens is 2. The Bertz CT molecular complexity index is 516. The first kappa shape index (κ1) is 13.3. The first-order chi connectivity index (χ1) is 8.47. The minimum atomic E-state index is -2.92. The van der Waals surface area contributed by atoms with Gasteiger partial charge in [-0.05, 0) is 32.3 Å². The summed E-state index contributed by atoms with van der Waals surface area (Å²) in [5, 5.41) is -0.203. The lowest BCUT2D eigenvalue weighted by Crippen LogP contribution is -2.27. The van der Waals surface area contributed by atoms with Crippen molar-refractivity contribution in [1.29, 1.82) is 0 Å². The molecule has 1 fully saturated rings. The van der Waals surface area contributed by atoms with E-state index >= 15 is 0 Å². The molecule has 0 N–H and O–H groups in total. The number of nitrogens with zero attached hydrogens (tertiary/aromatic N) is 3. The number of aryl methyl sites for hydroxylation is 1. The monoisotopic (exact) mass is 269 g/mol. The van der Waals surface area contributed by atoms with E-state index in [1.54, 1.807) is 6.20 Å². The number of anilines is 1. The van der Waals surface area contributed by atoms with E-state index < -0.39 is 9.84 Å². The number of rotatable bonds is 2. The van der Waals surface area contributed by atoms with Crippen LogP contribution in [0.4, 0.5) is 5.82 Å². The van der Waals surface area contributed by atoms with Crippen LogP contribution in [0.1, 0.15) is 25.1 Å². The highest BCUT2D eigenvalue weighted by atomic mass is 32.2. The van der Waals surface area contributed by atoms with E-state index in [-0.39, 0.29) is 5.25 Å². The van der Waals surface area contributed by atoms with Crippen molar-refractivity contribution in [3.05, 3.63) is 18.1 Å². The molecule has 18 heavy (non-hydrogen) atoms. The fraction of sp³-hybridized carbons (Fsp3) is 0.667. The zero-order valence-corrected chi connectivity index (χ0v) is 11.7. The van der Waals surface area contributed by atoms with Gasteiger partial charge in [-0.3, -0.25) is 0 Å². The quantitative estimate of drug-likeness (QED) is 0.807. The lowest BCUT2D eigenvalue weighted by Gasteiger charge is -2.21. The Labute approximate surface area is 108 Å². The van der Waals surface area contributed by atoms with Gasteiger partial charge in [0.1, 0.15) is 21.5 Å². The predicted molar refractivity (Wildman–Crippen MR) is 71.5 cm³/mol. The van der Waals surface area contributed by atoms with Crippen molar-refractivity contribution in [1.82, 2.24) is 9.97 Å². The lowest BCUT2D eigenvalue weighted by molar-refractivity contribution is 0.573. The normalized spacial score (nSPS) is 21.7. The van der Waals surface area contributed by atoms with Crippen molar-refractivity contribution in [2.24, 2.45) is 0 Å². The van der Waals surface area contributed by atoms with Gasteiger partial charge in [-0.1, -0.05) is 0 Å². The van der Waals surface area contributed by atoms with Crippen LogP contribution in [0.2, 0.25) is 0 Å². The maximum atomic E-state index is 11.6. The molecule has 0 radical (unpaired) electrons. The van der Waals surface area contributed by atoms with Gasteiger partial charge in [-0.2, -0.15) is 0 Å². The molecule has 5 nitrogen and oxygen atoms in total. The summed E-state index contributed by atoms with van der Waals surface area (Å²) in [6.45, 7) is 3.47. The van der Waals surface area contributed by atoms with E-state index in [4.69, 9.17) is 0 Å². The second-order valence-electron chi connectivity index (χ2n) is 4.83. The van der Waals surface area contributed by atoms with Gasteiger partial charge in [0, 0.05) is 25.5 Å². The minimum Gasteiger partial charge on any atom is -0.356 e. The van der Waals surface area contributed by atoms with Gasteiger partial charge in [0.05, 0.1) is 5.25 Å². The average Bonchev–Trinajstić information content (AvgIpc) is 2.53. The van der Waals surface area contributed by atoms with E-state index in [9.17, 15) is 8.42 Å². The number of hydrogen-bond acceptors (Lipinski definition) is 5. The summed E-state index contributed by atoms with van der Waals surface area (Å²) >= 11 is 0. The Morgan fingerprint density at radius 2 is 2.11 bits per heavy atom. The van der Waals surface area contributed by atoms with Gasteiger partial charge in [-0.25, -0.2) is 18.4 Å². The zero-order valence-electron chi connectivity index (χ0n) is 10.8. The van der Waals surface area contributed by atoms with Crippen molar-refractivity contribution < 1.29 is 8.42 Å². The average molecular weight is 269 g/mol. The highest BCUT2D eigenvalue weighted by molar-refractivity contribution is 7.91. The highest BCUT2D eigenvalue weighted by Crippen LogP contribution is 2.21. The Hall–Kier alpha value is -1.17. The van der Waals surface area contributed by atoms with E-state index in [1.807, 2.05) is 13.0 Å². The van der Waals surface area contributed by atoms with Crippen molar-refractivity contribution in [2.45, 2.75) is 31.4 Å². The molecule has 0 amide bonds. The lowest BCUT2D eigenvalue weighted by atomic mass is 10.2. The second-order valence-corrected chi connectivity index (χ2v) is 7.16. The molecule has 0 aliphatic carbocycles. The maximum Gasteiger partial charge on any atom is 0.150 e. The van der Waals surface area contributed by atoms with Crippen LogP contribution >= 0.6 is 0 Å². The standard InChI is InChI=1S/C12H19N3O2S/c1-10-13-7-5-12(14-10)15-8-3-4-11(6-9-15)18(2,16)17/h5,7,11H,3-4,6,8-9H2,1-2H3. The molecule has 2 heterocycles. The predicted octanol–water partition coefficient (Wildman–Crippen LogP) is 1.19. The highest BCUT2D eigenvalue weighted by Gasteiger charge is 2.24. The molecule has 1 aromatic rings. The van der Waals surface area contributed by atoms with Gasteiger partial charge in [-0.15, -0.1) is 0 Å². The Morgan fingerprint density at radius 1 is 1.33 bits per heavy atom. The van der Waals surface area contributed by atoms with Gasteiger partial charge in [0.2, 0.25) is 0 Å². The Morgan fingerprint density at radius 3 is 2.78 bits per heavy atom. The van der Waals surface area contributed by atoms with Crippen LogP contribution in [-0.4, -0.2) is 43.0 Å². The van der Waals surface area contributed by atoms with Crippen LogP contribution in [0.5, 0.6) is 0 Å². The van der Waals surface area contributed by atoms with Crippen LogP contribution in [0, 0.1) is 6.92 Å². The van der Waals surface area contributed by atoms with E-state index in [1.165, 1.54) is 6.26 Å². The minimum absolute atomic E-state index is 0.203. The fourth-order valence-electron chi connectivity index (χ4n) is 2.34.